The zero-order valence-corrected chi connectivity index (χ0v) is 14.2. The van der Waals surface area contributed by atoms with Crippen molar-refractivity contribution in [2.45, 2.75) is 38.6 Å². The molecule has 0 radical (unpaired) electrons. The molecule has 1 amide bonds. The molecule has 130 valence electrons. The lowest BCUT2D eigenvalue weighted by Crippen LogP contribution is -2.35. The molecule has 6 heteroatoms. The number of benzene rings is 1. The number of aromatic nitrogens is 2. The molecule has 1 aliphatic heterocycles. The third-order valence-electron chi connectivity index (χ3n) is 4.53. The second kappa shape index (κ2) is 7.42. The molecule has 2 aromatic rings. The summed E-state index contributed by atoms with van der Waals surface area (Å²) < 4.78 is 0. The van der Waals surface area contributed by atoms with Gasteiger partial charge in [0.1, 0.15) is 5.69 Å². The lowest BCUT2D eigenvalue weighted by molar-refractivity contribution is 0.0663. The first kappa shape index (κ1) is 17.1. The molecule has 1 aromatic carbocycles. The average molecular weight is 339 g/mol. The van der Waals surface area contributed by atoms with Crippen molar-refractivity contribution >= 4 is 11.9 Å². The van der Waals surface area contributed by atoms with Gasteiger partial charge in [0.2, 0.25) is 0 Å². The van der Waals surface area contributed by atoms with E-state index in [4.69, 9.17) is 5.11 Å². The Balaban J connectivity index is 1.90. The summed E-state index contributed by atoms with van der Waals surface area (Å²) in [5.41, 5.74) is 2.32. The van der Waals surface area contributed by atoms with Crippen molar-refractivity contribution in [3.05, 3.63) is 59.2 Å². The van der Waals surface area contributed by atoms with E-state index in [0.717, 1.165) is 37.4 Å². The summed E-state index contributed by atoms with van der Waals surface area (Å²) in [5.74, 6) is -1.35. The van der Waals surface area contributed by atoms with Crippen LogP contribution in [0, 0.1) is 6.92 Å². The first-order chi connectivity index (χ1) is 12.1. The Hall–Kier alpha value is -2.76. The number of carbonyl (C=O) groups excluding carboxylic acids is 1. The Morgan fingerprint density at radius 3 is 2.56 bits per heavy atom. The van der Waals surface area contributed by atoms with Gasteiger partial charge in [-0.1, -0.05) is 42.7 Å². The summed E-state index contributed by atoms with van der Waals surface area (Å²) in [4.78, 5) is 33.6. The average Bonchev–Trinajstić information content (AvgIpc) is 2.87. The van der Waals surface area contributed by atoms with Gasteiger partial charge in [-0.3, -0.25) is 4.79 Å². The van der Waals surface area contributed by atoms with Crippen LogP contribution in [0.5, 0.6) is 0 Å². The van der Waals surface area contributed by atoms with Gasteiger partial charge in [-0.05, 0) is 25.3 Å². The number of aromatic carboxylic acids is 1. The maximum atomic E-state index is 13.0. The van der Waals surface area contributed by atoms with Gasteiger partial charge in [0.05, 0.1) is 18.4 Å². The number of carboxylic acid groups (broad SMARTS) is 1. The Kier molecular flexibility index (Phi) is 5.07. The number of likely N-dealkylation sites (tertiary alicyclic amines) is 1. The van der Waals surface area contributed by atoms with Gasteiger partial charge >= 0.3 is 5.97 Å². The van der Waals surface area contributed by atoms with Gasteiger partial charge < -0.3 is 10.0 Å². The van der Waals surface area contributed by atoms with Crippen LogP contribution < -0.4 is 0 Å². The normalized spacial score (nSPS) is 17.8. The molecule has 0 spiro atoms. The third kappa shape index (κ3) is 3.84. The fourth-order valence-corrected chi connectivity index (χ4v) is 3.27. The molecule has 1 aliphatic rings. The van der Waals surface area contributed by atoms with E-state index in [2.05, 4.69) is 22.1 Å². The van der Waals surface area contributed by atoms with Gasteiger partial charge in [-0.25, -0.2) is 14.8 Å². The minimum absolute atomic E-state index is 0.0100. The Bertz CT molecular complexity index is 774. The topological polar surface area (TPSA) is 83.4 Å². The molecule has 0 aliphatic carbocycles. The number of hydrogen-bond acceptors (Lipinski definition) is 4. The zero-order chi connectivity index (χ0) is 17.8. The second-order valence-corrected chi connectivity index (χ2v) is 6.37. The van der Waals surface area contributed by atoms with Crippen LogP contribution in [0.15, 0.2) is 36.7 Å². The molecule has 1 atom stereocenters. The standard InChI is InChI=1S/C19H21N3O3/c1-13-6-5-7-14(10-13)17-8-3-2-4-9-22(17)18(23)15-11-21-16(12-20-15)19(24)25/h5-7,10-12,17H,2-4,8-9H2,1H3,(H,24,25). The Labute approximate surface area is 146 Å². The summed E-state index contributed by atoms with van der Waals surface area (Å²) in [7, 11) is 0. The van der Waals surface area contributed by atoms with E-state index >= 15 is 0 Å². The van der Waals surface area contributed by atoms with Crippen molar-refractivity contribution in [1.82, 2.24) is 14.9 Å². The quantitative estimate of drug-likeness (QED) is 0.928. The highest BCUT2D eigenvalue weighted by atomic mass is 16.4. The summed E-state index contributed by atoms with van der Waals surface area (Å²) in [6, 6.07) is 8.25. The molecular weight excluding hydrogens is 318 g/mol. The minimum atomic E-state index is -1.15. The molecule has 1 N–H and O–H groups in total. The van der Waals surface area contributed by atoms with Crippen LogP contribution in [0.3, 0.4) is 0 Å². The molecule has 3 rings (SSSR count). The summed E-state index contributed by atoms with van der Waals surface area (Å²) >= 11 is 0. The Morgan fingerprint density at radius 2 is 1.88 bits per heavy atom. The van der Waals surface area contributed by atoms with Gasteiger partial charge in [0, 0.05) is 6.54 Å². The maximum absolute atomic E-state index is 13.0. The number of carbonyl (C=O) groups is 2. The van der Waals surface area contributed by atoms with Crippen LogP contribution in [0.25, 0.3) is 0 Å². The number of amides is 1. The van der Waals surface area contributed by atoms with Crippen molar-refractivity contribution in [3.8, 4) is 0 Å². The van der Waals surface area contributed by atoms with Crippen molar-refractivity contribution in [2.75, 3.05) is 6.54 Å². The number of carboxylic acids is 1. The number of nitrogens with zero attached hydrogens (tertiary/aromatic N) is 3. The van der Waals surface area contributed by atoms with E-state index in [9.17, 15) is 9.59 Å². The van der Waals surface area contributed by atoms with Crippen molar-refractivity contribution in [1.29, 1.82) is 0 Å². The van der Waals surface area contributed by atoms with Gasteiger partial charge in [-0.2, -0.15) is 0 Å². The van der Waals surface area contributed by atoms with E-state index in [1.807, 2.05) is 24.0 Å². The third-order valence-corrected chi connectivity index (χ3v) is 4.53. The monoisotopic (exact) mass is 339 g/mol. The predicted molar refractivity (Wildman–Crippen MR) is 92.4 cm³/mol. The van der Waals surface area contributed by atoms with Gasteiger partial charge in [-0.15, -0.1) is 0 Å². The van der Waals surface area contributed by atoms with Crippen LogP contribution in [-0.2, 0) is 0 Å². The second-order valence-electron chi connectivity index (χ2n) is 6.37. The molecule has 25 heavy (non-hydrogen) atoms. The summed E-state index contributed by atoms with van der Waals surface area (Å²) in [6.45, 7) is 2.71. The smallest absolute Gasteiger partial charge is 0.356 e. The van der Waals surface area contributed by atoms with Crippen LogP contribution >= 0.6 is 0 Å². The van der Waals surface area contributed by atoms with E-state index < -0.39 is 5.97 Å². The van der Waals surface area contributed by atoms with E-state index in [0.29, 0.717) is 6.54 Å². The zero-order valence-electron chi connectivity index (χ0n) is 14.2. The van der Waals surface area contributed by atoms with Crippen LogP contribution in [0.2, 0.25) is 0 Å². The molecule has 1 aromatic heterocycles. The summed E-state index contributed by atoms with van der Waals surface area (Å²) in [6.07, 6.45) is 6.42. The van der Waals surface area contributed by atoms with Crippen molar-refractivity contribution in [3.63, 3.8) is 0 Å². The van der Waals surface area contributed by atoms with E-state index in [-0.39, 0.29) is 23.3 Å². The van der Waals surface area contributed by atoms with E-state index in [1.54, 1.807) is 0 Å². The molecule has 1 saturated heterocycles. The molecule has 6 nitrogen and oxygen atoms in total. The number of aryl methyl sites for hydroxylation is 1. The molecule has 0 saturated carbocycles. The van der Waals surface area contributed by atoms with E-state index in [1.165, 1.54) is 11.8 Å². The number of rotatable bonds is 3. The van der Waals surface area contributed by atoms with Crippen LogP contribution in [-0.4, -0.2) is 38.4 Å². The lowest BCUT2D eigenvalue weighted by atomic mass is 9.99. The highest BCUT2D eigenvalue weighted by molar-refractivity contribution is 5.93. The SMILES string of the molecule is Cc1cccc(C2CCCCCN2C(=O)c2cnc(C(=O)O)cn2)c1. The number of hydrogen-bond donors (Lipinski definition) is 1. The molecule has 1 fully saturated rings. The molecule has 2 heterocycles. The maximum Gasteiger partial charge on any atom is 0.356 e. The van der Waals surface area contributed by atoms with Crippen molar-refractivity contribution in [2.24, 2.45) is 0 Å². The van der Waals surface area contributed by atoms with Gasteiger partial charge in [0.15, 0.2) is 5.69 Å². The summed E-state index contributed by atoms with van der Waals surface area (Å²) in [5, 5.41) is 8.92. The lowest BCUT2D eigenvalue weighted by Gasteiger charge is -2.30. The predicted octanol–water partition coefficient (Wildman–Crippen LogP) is 3.24. The highest BCUT2D eigenvalue weighted by Gasteiger charge is 2.28. The first-order valence-electron chi connectivity index (χ1n) is 8.49. The highest BCUT2D eigenvalue weighted by Crippen LogP contribution is 2.31. The van der Waals surface area contributed by atoms with Crippen LogP contribution in [0.4, 0.5) is 0 Å². The fraction of sp³-hybridized carbons (Fsp3) is 0.368. The van der Waals surface area contributed by atoms with Crippen molar-refractivity contribution < 1.29 is 14.7 Å². The largest absolute Gasteiger partial charge is 0.476 e. The van der Waals surface area contributed by atoms with Gasteiger partial charge in [0.25, 0.3) is 5.91 Å². The fourth-order valence-electron chi connectivity index (χ4n) is 3.27. The Morgan fingerprint density at radius 1 is 1.12 bits per heavy atom. The molecule has 0 bridgehead atoms. The molecular formula is C19H21N3O3. The first-order valence-corrected chi connectivity index (χ1v) is 8.49. The minimum Gasteiger partial charge on any atom is -0.476 e. The van der Waals surface area contributed by atoms with Crippen LogP contribution in [0.1, 0.15) is 63.8 Å². The molecule has 1 unspecified atom stereocenters.